The number of aliphatic hydroxyl groups excluding tert-OH is 1. The van der Waals surface area contributed by atoms with Gasteiger partial charge in [-0.15, -0.1) is 0 Å². The van der Waals surface area contributed by atoms with Crippen LogP contribution in [0, 0.1) is 6.92 Å². The highest BCUT2D eigenvalue weighted by atomic mass is 16.3. The number of aromatic amines is 1. The Morgan fingerprint density at radius 1 is 1.21 bits per heavy atom. The predicted octanol–water partition coefficient (Wildman–Crippen LogP) is 2.99. The standard InChI is InChI=1S/C10H11NO.C2H6/c1-7-4-9-3-2-8(6-12)5-10(9)11-7;1-2/h2-5,11-12H,6H2,1H3;1-2H3. The summed E-state index contributed by atoms with van der Waals surface area (Å²) >= 11 is 0. The van der Waals surface area contributed by atoms with Crippen molar-refractivity contribution in [2.45, 2.75) is 27.4 Å². The number of aliphatic hydroxyl groups is 1. The highest BCUT2D eigenvalue weighted by molar-refractivity contribution is 5.80. The van der Waals surface area contributed by atoms with Crippen molar-refractivity contribution in [1.29, 1.82) is 0 Å². The SMILES string of the molecule is CC.Cc1cc2ccc(CO)cc2[nH]1. The molecule has 0 spiro atoms. The van der Waals surface area contributed by atoms with E-state index in [4.69, 9.17) is 5.11 Å². The summed E-state index contributed by atoms with van der Waals surface area (Å²) in [6, 6.07) is 8.03. The number of H-pyrrole nitrogens is 1. The number of aryl methyl sites for hydroxylation is 1. The number of hydrogen-bond acceptors (Lipinski definition) is 1. The second-order valence-corrected chi connectivity index (χ2v) is 3.03. The van der Waals surface area contributed by atoms with Crippen LogP contribution in [0.25, 0.3) is 10.9 Å². The Bertz CT molecular complexity index is 404. The largest absolute Gasteiger partial charge is 0.392 e. The van der Waals surface area contributed by atoms with Crippen LogP contribution in [0.1, 0.15) is 25.1 Å². The van der Waals surface area contributed by atoms with Crippen molar-refractivity contribution < 1.29 is 5.11 Å². The minimum Gasteiger partial charge on any atom is -0.392 e. The molecule has 1 aromatic heterocycles. The Labute approximate surface area is 84.6 Å². The van der Waals surface area contributed by atoms with Crippen molar-refractivity contribution in [3.63, 3.8) is 0 Å². The molecule has 0 saturated carbocycles. The summed E-state index contributed by atoms with van der Waals surface area (Å²) in [6.07, 6.45) is 0. The lowest BCUT2D eigenvalue weighted by molar-refractivity contribution is 0.282. The summed E-state index contributed by atoms with van der Waals surface area (Å²) in [6.45, 7) is 6.13. The Hall–Kier alpha value is -1.28. The van der Waals surface area contributed by atoms with Crippen LogP contribution in [-0.4, -0.2) is 10.1 Å². The number of fused-ring (bicyclic) bond motifs is 1. The molecular weight excluding hydrogens is 174 g/mol. The minimum absolute atomic E-state index is 0.105. The lowest BCUT2D eigenvalue weighted by Gasteiger charge is -1.94. The van der Waals surface area contributed by atoms with E-state index in [0.29, 0.717) is 0 Å². The Morgan fingerprint density at radius 2 is 1.93 bits per heavy atom. The molecule has 0 atom stereocenters. The molecule has 2 nitrogen and oxygen atoms in total. The van der Waals surface area contributed by atoms with Gasteiger partial charge in [-0.1, -0.05) is 26.0 Å². The molecule has 0 amide bonds. The third-order valence-corrected chi connectivity index (χ3v) is 2.00. The Morgan fingerprint density at radius 3 is 2.57 bits per heavy atom. The quantitative estimate of drug-likeness (QED) is 0.714. The van der Waals surface area contributed by atoms with Gasteiger partial charge in [0, 0.05) is 11.2 Å². The molecule has 1 heterocycles. The van der Waals surface area contributed by atoms with Crippen molar-refractivity contribution in [1.82, 2.24) is 4.98 Å². The minimum atomic E-state index is 0.105. The molecule has 0 radical (unpaired) electrons. The first-order valence-electron chi connectivity index (χ1n) is 4.99. The highest BCUT2D eigenvalue weighted by Crippen LogP contribution is 2.16. The van der Waals surface area contributed by atoms with Gasteiger partial charge in [-0.2, -0.15) is 0 Å². The average Bonchev–Trinajstić information content (AvgIpc) is 2.59. The van der Waals surface area contributed by atoms with Crippen molar-refractivity contribution in [2.24, 2.45) is 0 Å². The number of nitrogens with one attached hydrogen (secondary N) is 1. The van der Waals surface area contributed by atoms with Crippen molar-refractivity contribution in [3.05, 3.63) is 35.5 Å². The maximum Gasteiger partial charge on any atom is 0.0682 e. The van der Waals surface area contributed by atoms with Crippen LogP contribution >= 0.6 is 0 Å². The van der Waals surface area contributed by atoms with E-state index in [1.165, 1.54) is 5.39 Å². The third kappa shape index (κ3) is 2.15. The van der Waals surface area contributed by atoms with E-state index in [0.717, 1.165) is 16.8 Å². The van der Waals surface area contributed by atoms with E-state index in [2.05, 4.69) is 11.1 Å². The first-order chi connectivity index (χ1) is 6.79. The zero-order chi connectivity index (χ0) is 10.6. The van der Waals surface area contributed by atoms with E-state index in [-0.39, 0.29) is 6.61 Å². The van der Waals surface area contributed by atoms with E-state index in [9.17, 15) is 0 Å². The lowest BCUT2D eigenvalue weighted by atomic mass is 10.2. The molecule has 0 aliphatic carbocycles. The fourth-order valence-corrected chi connectivity index (χ4v) is 1.42. The predicted molar refractivity (Wildman–Crippen MR) is 60.3 cm³/mol. The van der Waals surface area contributed by atoms with Crippen molar-refractivity contribution in [3.8, 4) is 0 Å². The van der Waals surface area contributed by atoms with Crippen LogP contribution < -0.4 is 0 Å². The fourth-order valence-electron chi connectivity index (χ4n) is 1.42. The summed E-state index contributed by atoms with van der Waals surface area (Å²) in [5.41, 5.74) is 3.20. The number of hydrogen-bond donors (Lipinski definition) is 2. The van der Waals surface area contributed by atoms with Crippen LogP contribution in [0.4, 0.5) is 0 Å². The molecule has 0 unspecified atom stereocenters. The number of aromatic nitrogens is 1. The van der Waals surface area contributed by atoms with E-state index in [1.54, 1.807) is 0 Å². The van der Waals surface area contributed by atoms with E-state index in [1.807, 2.05) is 39.0 Å². The molecule has 2 heteroatoms. The second-order valence-electron chi connectivity index (χ2n) is 3.03. The van der Waals surface area contributed by atoms with Gasteiger partial charge >= 0.3 is 0 Å². The van der Waals surface area contributed by atoms with Crippen LogP contribution in [0.3, 0.4) is 0 Å². The van der Waals surface area contributed by atoms with E-state index < -0.39 is 0 Å². The van der Waals surface area contributed by atoms with E-state index >= 15 is 0 Å². The first-order valence-corrected chi connectivity index (χ1v) is 4.99. The molecular formula is C12H17NO. The molecule has 14 heavy (non-hydrogen) atoms. The normalized spacial score (nSPS) is 9.71. The zero-order valence-electron chi connectivity index (χ0n) is 8.96. The summed E-state index contributed by atoms with van der Waals surface area (Å²) in [5, 5.41) is 10.1. The van der Waals surface area contributed by atoms with Crippen LogP contribution in [0.5, 0.6) is 0 Å². The van der Waals surface area contributed by atoms with Gasteiger partial charge in [0.05, 0.1) is 6.61 Å². The van der Waals surface area contributed by atoms with Gasteiger partial charge in [-0.05, 0) is 30.0 Å². The molecule has 76 valence electrons. The Balaban J connectivity index is 0.000000461. The maximum absolute atomic E-state index is 8.89. The smallest absolute Gasteiger partial charge is 0.0682 e. The molecule has 0 aliphatic rings. The van der Waals surface area contributed by atoms with Gasteiger partial charge in [0.25, 0.3) is 0 Å². The molecule has 2 N–H and O–H groups in total. The van der Waals surface area contributed by atoms with Gasteiger partial charge in [-0.25, -0.2) is 0 Å². The molecule has 1 aromatic carbocycles. The molecule has 0 bridgehead atoms. The van der Waals surface area contributed by atoms with Crippen LogP contribution in [-0.2, 0) is 6.61 Å². The van der Waals surface area contributed by atoms with Gasteiger partial charge in [-0.3, -0.25) is 0 Å². The molecule has 2 rings (SSSR count). The molecule has 0 aliphatic heterocycles. The second kappa shape index (κ2) is 4.82. The third-order valence-electron chi connectivity index (χ3n) is 2.00. The van der Waals surface area contributed by atoms with Crippen LogP contribution in [0.2, 0.25) is 0 Å². The first kappa shape index (κ1) is 10.8. The Kier molecular flexibility index (Phi) is 3.72. The number of rotatable bonds is 1. The fraction of sp³-hybridized carbons (Fsp3) is 0.333. The van der Waals surface area contributed by atoms with Crippen molar-refractivity contribution in [2.75, 3.05) is 0 Å². The molecule has 2 aromatic rings. The monoisotopic (exact) mass is 191 g/mol. The molecule has 0 fully saturated rings. The summed E-state index contributed by atoms with van der Waals surface area (Å²) in [5.74, 6) is 0. The maximum atomic E-state index is 8.89. The summed E-state index contributed by atoms with van der Waals surface area (Å²) in [4.78, 5) is 3.22. The highest BCUT2D eigenvalue weighted by Gasteiger charge is 1.97. The topological polar surface area (TPSA) is 36.0 Å². The van der Waals surface area contributed by atoms with Gasteiger partial charge in [0.2, 0.25) is 0 Å². The summed E-state index contributed by atoms with van der Waals surface area (Å²) < 4.78 is 0. The van der Waals surface area contributed by atoms with Gasteiger partial charge in [0.1, 0.15) is 0 Å². The van der Waals surface area contributed by atoms with Crippen LogP contribution in [0.15, 0.2) is 24.3 Å². The van der Waals surface area contributed by atoms with Crippen molar-refractivity contribution >= 4 is 10.9 Å². The summed E-state index contributed by atoms with van der Waals surface area (Å²) in [7, 11) is 0. The average molecular weight is 191 g/mol. The lowest BCUT2D eigenvalue weighted by Crippen LogP contribution is -1.80. The molecule has 0 saturated heterocycles. The number of benzene rings is 1. The zero-order valence-corrected chi connectivity index (χ0v) is 8.96. The van der Waals surface area contributed by atoms with Gasteiger partial charge < -0.3 is 10.1 Å². The van der Waals surface area contributed by atoms with Gasteiger partial charge in [0.15, 0.2) is 0 Å².